The summed E-state index contributed by atoms with van der Waals surface area (Å²) in [6.45, 7) is 2.55. The van der Waals surface area contributed by atoms with Gasteiger partial charge in [0.05, 0.1) is 25.2 Å². The Morgan fingerprint density at radius 2 is 1.87 bits per heavy atom. The van der Waals surface area contributed by atoms with Gasteiger partial charge in [0.15, 0.2) is 4.34 Å². The third-order valence-electron chi connectivity index (χ3n) is 3.96. The number of hydrogen-bond donors (Lipinski definition) is 1. The summed E-state index contributed by atoms with van der Waals surface area (Å²) in [4.78, 5) is 0. The van der Waals surface area contributed by atoms with Crippen molar-refractivity contribution in [1.29, 1.82) is 0 Å². The minimum Gasteiger partial charge on any atom is -0.497 e. The fourth-order valence-electron chi connectivity index (χ4n) is 2.57. The molecule has 8 nitrogen and oxygen atoms in total. The Morgan fingerprint density at radius 3 is 2.67 bits per heavy atom. The van der Waals surface area contributed by atoms with Crippen molar-refractivity contribution in [3.05, 3.63) is 54.4 Å². The van der Waals surface area contributed by atoms with Gasteiger partial charge in [-0.05, 0) is 43.3 Å². The summed E-state index contributed by atoms with van der Waals surface area (Å²) in [5.41, 5.74) is 1.70. The molecule has 0 saturated heterocycles. The Kier molecular flexibility index (Phi) is 6.45. The van der Waals surface area contributed by atoms with Crippen LogP contribution in [0.5, 0.6) is 11.5 Å². The molecule has 10 heteroatoms. The lowest BCUT2D eigenvalue weighted by Gasteiger charge is -2.09. The molecule has 0 fully saturated rings. The number of para-hydroxylation sites is 2. The molecule has 0 amide bonds. The number of nitrogens with zero attached hydrogens (tertiary/aromatic N) is 4. The number of hydrogen-bond acceptors (Lipinski definition) is 10. The molecule has 2 heterocycles. The van der Waals surface area contributed by atoms with Crippen LogP contribution in [0.15, 0.2) is 57.3 Å². The largest absolute Gasteiger partial charge is 0.497 e. The molecule has 1 N–H and O–H groups in total. The molecule has 4 aromatic rings. The van der Waals surface area contributed by atoms with Crippen molar-refractivity contribution >= 4 is 33.9 Å². The van der Waals surface area contributed by atoms with E-state index in [0.29, 0.717) is 29.3 Å². The number of thioether (sulfide) groups is 1. The summed E-state index contributed by atoms with van der Waals surface area (Å²) in [6.07, 6.45) is 0. The first-order valence-corrected chi connectivity index (χ1v) is 11.0. The van der Waals surface area contributed by atoms with Crippen molar-refractivity contribution < 1.29 is 13.9 Å². The molecule has 2 aromatic carbocycles. The van der Waals surface area contributed by atoms with E-state index in [9.17, 15) is 0 Å². The first kappa shape index (κ1) is 20.2. The average molecular weight is 442 g/mol. The fourth-order valence-corrected chi connectivity index (χ4v) is 4.17. The molecular formula is C20H19N5O3S2. The van der Waals surface area contributed by atoms with E-state index < -0.39 is 0 Å². The Bertz CT molecular complexity index is 1100. The maximum absolute atomic E-state index is 5.75. The molecule has 0 radical (unpaired) electrons. The molecule has 154 valence electrons. The van der Waals surface area contributed by atoms with Gasteiger partial charge in [-0.3, -0.25) is 0 Å². The van der Waals surface area contributed by atoms with Crippen LogP contribution >= 0.6 is 23.1 Å². The second-order valence-corrected chi connectivity index (χ2v) is 8.15. The van der Waals surface area contributed by atoms with E-state index in [0.717, 1.165) is 27.1 Å². The van der Waals surface area contributed by atoms with Crippen LogP contribution in [0.4, 0.5) is 10.8 Å². The predicted octanol–water partition coefficient (Wildman–Crippen LogP) is 5.03. The van der Waals surface area contributed by atoms with E-state index >= 15 is 0 Å². The molecule has 2 aromatic heterocycles. The number of benzene rings is 2. The van der Waals surface area contributed by atoms with Gasteiger partial charge in [-0.25, -0.2) is 0 Å². The van der Waals surface area contributed by atoms with Gasteiger partial charge in [-0.1, -0.05) is 35.2 Å². The highest BCUT2D eigenvalue weighted by atomic mass is 32.2. The number of rotatable bonds is 9. The van der Waals surface area contributed by atoms with Crippen molar-refractivity contribution in [2.75, 3.05) is 19.0 Å². The molecule has 0 unspecified atom stereocenters. The summed E-state index contributed by atoms with van der Waals surface area (Å²) in [7, 11) is 1.63. The average Bonchev–Trinajstić information content (AvgIpc) is 3.43. The van der Waals surface area contributed by atoms with Crippen molar-refractivity contribution in [3.63, 3.8) is 0 Å². The zero-order valence-corrected chi connectivity index (χ0v) is 18.0. The van der Waals surface area contributed by atoms with Crippen LogP contribution in [-0.4, -0.2) is 34.1 Å². The van der Waals surface area contributed by atoms with Crippen molar-refractivity contribution in [2.24, 2.45) is 0 Å². The van der Waals surface area contributed by atoms with Crippen LogP contribution in [0, 0.1) is 0 Å². The van der Waals surface area contributed by atoms with Gasteiger partial charge in [0.25, 0.3) is 0 Å². The topological polar surface area (TPSA) is 95.2 Å². The third-order valence-corrected chi connectivity index (χ3v) is 5.91. The molecule has 0 bridgehead atoms. The summed E-state index contributed by atoms with van der Waals surface area (Å²) in [5.74, 6) is 3.06. The number of methoxy groups -OCH3 is 1. The van der Waals surface area contributed by atoms with Crippen LogP contribution < -0.4 is 14.8 Å². The van der Waals surface area contributed by atoms with E-state index in [1.807, 2.05) is 55.5 Å². The maximum atomic E-state index is 5.75. The highest BCUT2D eigenvalue weighted by molar-refractivity contribution is 8.00. The smallest absolute Gasteiger partial charge is 0.247 e. The normalized spacial score (nSPS) is 10.7. The van der Waals surface area contributed by atoms with Gasteiger partial charge >= 0.3 is 0 Å². The molecule has 0 aliphatic carbocycles. The quantitative estimate of drug-likeness (QED) is 0.359. The summed E-state index contributed by atoms with van der Waals surface area (Å²) < 4.78 is 17.3. The third kappa shape index (κ3) is 4.89. The van der Waals surface area contributed by atoms with E-state index in [4.69, 9.17) is 13.9 Å². The van der Waals surface area contributed by atoms with Crippen LogP contribution in [0.3, 0.4) is 0 Å². The second kappa shape index (κ2) is 9.59. The molecule has 30 heavy (non-hydrogen) atoms. The first-order valence-electron chi connectivity index (χ1n) is 9.17. The first-order chi connectivity index (χ1) is 14.7. The number of aromatic nitrogens is 4. The van der Waals surface area contributed by atoms with E-state index in [-0.39, 0.29) is 0 Å². The summed E-state index contributed by atoms with van der Waals surface area (Å²) in [5, 5.41) is 20.6. The van der Waals surface area contributed by atoms with Crippen LogP contribution in [-0.2, 0) is 5.75 Å². The number of nitrogens with one attached hydrogen (secondary N) is 1. The Labute approximate surface area is 181 Å². The van der Waals surface area contributed by atoms with Gasteiger partial charge in [-0.15, -0.1) is 20.4 Å². The fraction of sp³-hybridized carbons (Fsp3) is 0.200. The molecular weight excluding hydrogens is 422 g/mol. The molecule has 0 atom stereocenters. The molecule has 4 rings (SSSR count). The van der Waals surface area contributed by atoms with Gasteiger partial charge < -0.3 is 19.2 Å². The number of anilines is 2. The zero-order chi connectivity index (χ0) is 20.8. The highest BCUT2D eigenvalue weighted by Crippen LogP contribution is 2.33. The lowest BCUT2D eigenvalue weighted by molar-refractivity contribution is 0.342. The van der Waals surface area contributed by atoms with Crippen molar-refractivity contribution in [3.8, 4) is 23.0 Å². The maximum Gasteiger partial charge on any atom is 0.247 e. The van der Waals surface area contributed by atoms with Crippen LogP contribution in [0.2, 0.25) is 0 Å². The van der Waals surface area contributed by atoms with E-state index in [1.54, 1.807) is 7.11 Å². The number of ether oxygens (including phenoxy) is 2. The molecule has 0 aliphatic heterocycles. The Morgan fingerprint density at radius 1 is 1.03 bits per heavy atom. The van der Waals surface area contributed by atoms with E-state index in [1.165, 1.54) is 23.1 Å². The van der Waals surface area contributed by atoms with Crippen LogP contribution in [0.25, 0.3) is 11.5 Å². The SMILES string of the molecule is CCOc1ccccc1Nc1nnc(SCc2nnc(-c3ccc(OC)cc3)o2)s1. The highest BCUT2D eigenvalue weighted by Gasteiger charge is 2.12. The second-order valence-electron chi connectivity index (χ2n) is 5.95. The van der Waals surface area contributed by atoms with Crippen molar-refractivity contribution in [2.45, 2.75) is 17.0 Å². The monoisotopic (exact) mass is 441 g/mol. The van der Waals surface area contributed by atoms with E-state index in [2.05, 4.69) is 25.7 Å². The van der Waals surface area contributed by atoms with Crippen molar-refractivity contribution in [1.82, 2.24) is 20.4 Å². The lowest BCUT2D eigenvalue weighted by atomic mass is 10.2. The Balaban J connectivity index is 1.36. The zero-order valence-electron chi connectivity index (χ0n) is 16.4. The van der Waals surface area contributed by atoms with Gasteiger partial charge in [-0.2, -0.15) is 0 Å². The van der Waals surface area contributed by atoms with Gasteiger partial charge in [0.2, 0.25) is 16.9 Å². The summed E-state index contributed by atoms with van der Waals surface area (Å²) in [6, 6.07) is 15.2. The molecule has 0 aliphatic rings. The Hall–Kier alpha value is -3.11. The molecule has 0 saturated carbocycles. The molecule has 0 spiro atoms. The van der Waals surface area contributed by atoms with Gasteiger partial charge in [0, 0.05) is 5.56 Å². The minimum atomic E-state index is 0.473. The van der Waals surface area contributed by atoms with Gasteiger partial charge in [0.1, 0.15) is 11.5 Å². The lowest BCUT2D eigenvalue weighted by Crippen LogP contribution is -1.97. The minimum absolute atomic E-state index is 0.473. The standard InChI is InChI=1S/C20H19N5O3S2/c1-3-27-16-7-5-4-6-15(16)21-19-24-25-20(30-19)29-12-17-22-23-18(28-17)13-8-10-14(26-2)11-9-13/h4-11H,3,12H2,1-2H3,(H,21,24). The predicted molar refractivity (Wildman–Crippen MR) is 117 cm³/mol. The summed E-state index contributed by atoms with van der Waals surface area (Å²) >= 11 is 2.94. The van der Waals surface area contributed by atoms with Crippen LogP contribution in [0.1, 0.15) is 12.8 Å².